The van der Waals surface area contributed by atoms with Gasteiger partial charge in [-0.2, -0.15) is 0 Å². The summed E-state index contributed by atoms with van der Waals surface area (Å²) in [4.78, 5) is 19.2. The molecule has 1 heterocycles. The number of nitrogens with zero attached hydrogens (tertiary/aromatic N) is 2. The van der Waals surface area contributed by atoms with Gasteiger partial charge in [-0.3, -0.25) is 4.79 Å². The number of amides is 1. The number of hydrogen-bond donors (Lipinski definition) is 0. The Balaban J connectivity index is 2.04. The van der Waals surface area contributed by atoms with Gasteiger partial charge in [0, 0.05) is 17.3 Å². The molecule has 1 amide bonds. The van der Waals surface area contributed by atoms with E-state index in [9.17, 15) is 4.79 Å². The van der Waals surface area contributed by atoms with Crippen LogP contribution in [0.4, 0.5) is 0 Å². The van der Waals surface area contributed by atoms with Crippen molar-refractivity contribution in [2.24, 2.45) is 5.92 Å². The third kappa shape index (κ3) is 5.80. The van der Waals surface area contributed by atoms with Gasteiger partial charge in [0.2, 0.25) is 5.91 Å². The predicted octanol–water partition coefficient (Wildman–Crippen LogP) is 5.63. The lowest BCUT2D eigenvalue weighted by Gasteiger charge is -2.29. The number of hydrogen-bond acceptors (Lipinski definition) is 4. The lowest BCUT2D eigenvalue weighted by molar-refractivity contribution is -0.137. The highest BCUT2D eigenvalue weighted by Crippen LogP contribution is 2.27. The Labute approximate surface area is 167 Å². The Morgan fingerprint density at radius 3 is 2.52 bits per heavy atom. The molecule has 2 rings (SSSR count). The first-order chi connectivity index (χ1) is 12.8. The van der Waals surface area contributed by atoms with Crippen LogP contribution in [-0.2, 0) is 17.9 Å². The van der Waals surface area contributed by atoms with Gasteiger partial charge < -0.3 is 9.64 Å². The van der Waals surface area contributed by atoms with E-state index in [4.69, 9.17) is 9.72 Å². The monoisotopic (exact) mass is 388 g/mol. The standard InChI is InChI=1S/C22H32N2O2S/c1-7-17(6)24(22(25)16(4)5)12-18-14-27-21(23-18)13-26-20-11-9-8-10-19(20)15(2)3/h8-11,14-17H,7,12-13H2,1-6H3. The highest BCUT2D eigenvalue weighted by atomic mass is 32.1. The number of thiazole rings is 1. The van der Waals surface area contributed by atoms with Crippen molar-refractivity contribution >= 4 is 17.2 Å². The van der Waals surface area contributed by atoms with E-state index >= 15 is 0 Å². The molecular formula is C22H32N2O2S. The molecule has 0 aliphatic carbocycles. The SMILES string of the molecule is CCC(C)N(Cc1csc(COc2ccccc2C(C)C)n1)C(=O)C(C)C. The van der Waals surface area contributed by atoms with Crippen molar-refractivity contribution < 1.29 is 9.53 Å². The first kappa shape index (κ1) is 21.4. The van der Waals surface area contributed by atoms with Crippen LogP contribution in [0.3, 0.4) is 0 Å². The normalized spacial score (nSPS) is 12.4. The van der Waals surface area contributed by atoms with Crippen molar-refractivity contribution in [3.63, 3.8) is 0 Å². The van der Waals surface area contributed by atoms with E-state index in [1.807, 2.05) is 42.3 Å². The van der Waals surface area contributed by atoms with Gasteiger partial charge in [-0.25, -0.2) is 4.98 Å². The zero-order valence-electron chi connectivity index (χ0n) is 17.4. The van der Waals surface area contributed by atoms with E-state index in [2.05, 4.69) is 33.8 Å². The van der Waals surface area contributed by atoms with Crippen LogP contribution in [0, 0.1) is 5.92 Å². The summed E-state index contributed by atoms with van der Waals surface area (Å²) in [5, 5.41) is 2.97. The van der Waals surface area contributed by atoms with Gasteiger partial charge in [0.15, 0.2) is 0 Å². The summed E-state index contributed by atoms with van der Waals surface area (Å²) < 4.78 is 6.02. The van der Waals surface area contributed by atoms with E-state index < -0.39 is 0 Å². The average Bonchev–Trinajstić information content (AvgIpc) is 3.10. The van der Waals surface area contributed by atoms with Crippen molar-refractivity contribution in [1.29, 1.82) is 0 Å². The zero-order chi connectivity index (χ0) is 20.0. The first-order valence-electron chi connectivity index (χ1n) is 9.78. The molecule has 1 aromatic carbocycles. The molecule has 2 aromatic rings. The maximum atomic E-state index is 12.5. The smallest absolute Gasteiger partial charge is 0.225 e. The number of ether oxygens (including phenoxy) is 1. The van der Waals surface area contributed by atoms with E-state index in [1.54, 1.807) is 11.3 Å². The minimum absolute atomic E-state index is 0.00651. The Bertz CT molecular complexity index is 739. The summed E-state index contributed by atoms with van der Waals surface area (Å²) in [5.41, 5.74) is 2.14. The third-order valence-electron chi connectivity index (χ3n) is 4.72. The minimum atomic E-state index is -0.00651. The number of para-hydroxylation sites is 1. The molecule has 0 saturated heterocycles. The van der Waals surface area contributed by atoms with Crippen LogP contribution in [0.2, 0.25) is 0 Å². The van der Waals surface area contributed by atoms with Crippen molar-refractivity contribution in [1.82, 2.24) is 9.88 Å². The van der Waals surface area contributed by atoms with Crippen LogP contribution in [0.5, 0.6) is 5.75 Å². The minimum Gasteiger partial charge on any atom is -0.486 e. The highest BCUT2D eigenvalue weighted by molar-refractivity contribution is 7.09. The summed E-state index contributed by atoms with van der Waals surface area (Å²) >= 11 is 1.59. The van der Waals surface area contributed by atoms with Crippen molar-refractivity contribution in [3.8, 4) is 5.75 Å². The fourth-order valence-electron chi connectivity index (χ4n) is 2.89. The second-order valence-corrected chi connectivity index (χ2v) is 8.53. The van der Waals surface area contributed by atoms with Crippen LogP contribution >= 0.6 is 11.3 Å². The fraction of sp³-hybridized carbons (Fsp3) is 0.545. The van der Waals surface area contributed by atoms with Gasteiger partial charge in [0.1, 0.15) is 17.4 Å². The van der Waals surface area contributed by atoms with Crippen LogP contribution in [-0.4, -0.2) is 21.8 Å². The summed E-state index contributed by atoms with van der Waals surface area (Å²) in [6.45, 7) is 13.4. The van der Waals surface area contributed by atoms with Crippen molar-refractivity contribution in [2.75, 3.05) is 0 Å². The molecule has 1 aromatic heterocycles. The second kappa shape index (κ2) is 9.88. The second-order valence-electron chi connectivity index (χ2n) is 7.59. The predicted molar refractivity (Wildman–Crippen MR) is 112 cm³/mol. The fourth-order valence-corrected chi connectivity index (χ4v) is 3.59. The molecule has 5 heteroatoms. The molecule has 0 bridgehead atoms. The van der Waals surface area contributed by atoms with E-state index in [0.717, 1.165) is 22.9 Å². The summed E-state index contributed by atoms with van der Waals surface area (Å²) in [6.07, 6.45) is 0.935. The van der Waals surface area contributed by atoms with Gasteiger partial charge in [-0.15, -0.1) is 11.3 Å². The molecule has 0 aliphatic rings. The molecule has 1 unspecified atom stereocenters. The summed E-state index contributed by atoms with van der Waals surface area (Å²) in [7, 11) is 0. The quantitative estimate of drug-likeness (QED) is 0.559. The molecule has 0 fully saturated rings. The molecule has 4 nitrogen and oxygen atoms in total. The molecule has 0 N–H and O–H groups in total. The topological polar surface area (TPSA) is 42.4 Å². The number of carbonyl (C=O) groups excluding carboxylic acids is 1. The summed E-state index contributed by atoms with van der Waals surface area (Å²) in [6, 6.07) is 8.36. The van der Waals surface area contributed by atoms with E-state index in [1.165, 1.54) is 5.56 Å². The first-order valence-corrected chi connectivity index (χ1v) is 10.7. The highest BCUT2D eigenvalue weighted by Gasteiger charge is 2.22. The molecule has 27 heavy (non-hydrogen) atoms. The Hall–Kier alpha value is -1.88. The Kier molecular flexibility index (Phi) is 7.84. The number of benzene rings is 1. The maximum absolute atomic E-state index is 12.5. The van der Waals surface area contributed by atoms with Crippen LogP contribution < -0.4 is 4.74 Å². The van der Waals surface area contributed by atoms with Gasteiger partial charge in [0.05, 0.1) is 12.2 Å². The lowest BCUT2D eigenvalue weighted by atomic mass is 10.0. The average molecular weight is 389 g/mol. The molecule has 0 radical (unpaired) electrons. The lowest BCUT2D eigenvalue weighted by Crippen LogP contribution is -2.40. The maximum Gasteiger partial charge on any atom is 0.225 e. The molecular weight excluding hydrogens is 356 g/mol. The van der Waals surface area contributed by atoms with Gasteiger partial charge in [-0.05, 0) is 30.9 Å². The Morgan fingerprint density at radius 1 is 1.19 bits per heavy atom. The molecule has 1 atom stereocenters. The van der Waals surface area contributed by atoms with Crippen molar-refractivity contribution in [2.45, 2.75) is 73.1 Å². The largest absolute Gasteiger partial charge is 0.486 e. The van der Waals surface area contributed by atoms with Crippen LogP contribution in [0.25, 0.3) is 0 Å². The van der Waals surface area contributed by atoms with Gasteiger partial charge in [-0.1, -0.05) is 52.8 Å². The van der Waals surface area contributed by atoms with Crippen LogP contribution in [0.15, 0.2) is 29.6 Å². The number of carbonyl (C=O) groups is 1. The molecule has 0 aliphatic heterocycles. The molecule has 148 valence electrons. The molecule has 0 spiro atoms. The zero-order valence-corrected chi connectivity index (χ0v) is 18.2. The van der Waals surface area contributed by atoms with Crippen LogP contribution in [0.1, 0.15) is 70.1 Å². The number of rotatable bonds is 9. The third-order valence-corrected chi connectivity index (χ3v) is 5.59. The van der Waals surface area contributed by atoms with Crippen molar-refractivity contribution in [3.05, 3.63) is 45.9 Å². The summed E-state index contributed by atoms with van der Waals surface area (Å²) in [5.74, 6) is 1.51. The van der Waals surface area contributed by atoms with E-state index in [-0.39, 0.29) is 17.9 Å². The van der Waals surface area contributed by atoms with Gasteiger partial charge in [0.25, 0.3) is 0 Å². The molecule has 0 saturated carbocycles. The van der Waals surface area contributed by atoms with Gasteiger partial charge >= 0.3 is 0 Å². The van der Waals surface area contributed by atoms with E-state index in [0.29, 0.717) is 19.1 Å². The number of aromatic nitrogens is 1. The Morgan fingerprint density at radius 2 is 1.89 bits per heavy atom.